The zero-order valence-electron chi connectivity index (χ0n) is 18.0. The molecule has 0 spiro atoms. The summed E-state index contributed by atoms with van der Waals surface area (Å²) in [6.45, 7) is 2.67. The molecule has 158 valence electrons. The van der Waals surface area contributed by atoms with E-state index >= 15 is 0 Å². The summed E-state index contributed by atoms with van der Waals surface area (Å²) in [6, 6.07) is 8.06. The van der Waals surface area contributed by atoms with Gasteiger partial charge >= 0.3 is 5.97 Å². The first-order valence-corrected chi connectivity index (χ1v) is 10.6. The van der Waals surface area contributed by atoms with E-state index in [1.807, 2.05) is 39.2 Å². The Labute approximate surface area is 173 Å². The lowest BCUT2D eigenvalue weighted by atomic mass is 9.79. The van der Waals surface area contributed by atoms with Crippen LogP contribution in [0.1, 0.15) is 62.5 Å². The molecule has 29 heavy (non-hydrogen) atoms. The van der Waals surface area contributed by atoms with Crippen molar-refractivity contribution < 1.29 is 19.4 Å². The van der Waals surface area contributed by atoms with Crippen molar-refractivity contribution in [2.75, 3.05) is 21.2 Å². The van der Waals surface area contributed by atoms with E-state index in [1.54, 1.807) is 7.11 Å². The number of nitrogens with zero attached hydrogens (tertiary/aromatic N) is 1. The van der Waals surface area contributed by atoms with Crippen LogP contribution in [0.2, 0.25) is 0 Å². The highest BCUT2D eigenvalue weighted by molar-refractivity contribution is 5.91. The fourth-order valence-corrected chi connectivity index (χ4v) is 4.33. The second-order valence-electron chi connectivity index (χ2n) is 8.33. The lowest BCUT2D eigenvalue weighted by Crippen LogP contribution is -2.24. The Bertz CT molecular complexity index is 854. The standard InChI is InChI=1S/C24H33NO4/c1-5-6-23(26)29-18-10-7-16(8-11-18)20-13-17-9-12-19(28-4)14-21(17)24(27)22(20)15-25(2)3/h9,12-14,16,18,27H,5-8,10-11,15H2,1-4H3. The normalized spacial score (nSPS) is 19.5. The quantitative estimate of drug-likeness (QED) is 0.665. The minimum atomic E-state index is -0.0819. The van der Waals surface area contributed by atoms with Crippen LogP contribution in [0, 0.1) is 0 Å². The molecule has 1 aliphatic carbocycles. The van der Waals surface area contributed by atoms with Crippen LogP contribution in [-0.2, 0) is 16.1 Å². The van der Waals surface area contributed by atoms with Gasteiger partial charge < -0.3 is 19.5 Å². The second-order valence-corrected chi connectivity index (χ2v) is 8.33. The smallest absolute Gasteiger partial charge is 0.306 e. The van der Waals surface area contributed by atoms with Crippen LogP contribution in [0.5, 0.6) is 11.5 Å². The predicted octanol–water partition coefficient (Wildman–Crippen LogP) is 4.99. The Morgan fingerprint density at radius 2 is 1.90 bits per heavy atom. The van der Waals surface area contributed by atoms with E-state index in [0.29, 0.717) is 24.6 Å². The maximum atomic E-state index is 11.8. The molecule has 0 unspecified atom stereocenters. The van der Waals surface area contributed by atoms with Crippen LogP contribution >= 0.6 is 0 Å². The summed E-state index contributed by atoms with van der Waals surface area (Å²) in [5.41, 5.74) is 2.20. The summed E-state index contributed by atoms with van der Waals surface area (Å²) in [5.74, 6) is 1.37. The maximum absolute atomic E-state index is 11.8. The van der Waals surface area contributed by atoms with Gasteiger partial charge in [0.05, 0.1) is 7.11 Å². The van der Waals surface area contributed by atoms with Crippen LogP contribution < -0.4 is 4.74 Å². The first kappa shape index (κ1) is 21.4. The van der Waals surface area contributed by atoms with Crippen molar-refractivity contribution in [3.63, 3.8) is 0 Å². The predicted molar refractivity (Wildman–Crippen MR) is 116 cm³/mol. The van der Waals surface area contributed by atoms with Gasteiger partial charge in [0.2, 0.25) is 0 Å². The fraction of sp³-hybridized carbons (Fsp3) is 0.542. The Morgan fingerprint density at radius 1 is 1.17 bits per heavy atom. The van der Waals surface area contributed by atoms with Crippen LogP contribution in [0.15, 0.2) is 24.3 Å². The van der Waals surface area contributed by atoms with Crippen molar-refractivity contribution in [2.24, 2.45) is 0 Å². The van der Waals surface area contributed by atoms with Crippen molar-refractivity contribution in [1.29, 1.82) is 0 Å². The molecule has 1 aliphatic rings. The molecular formula is C24H33NO4. The zero-order chi connectivity index (χ0) is 21.0. The van der Waals surface area contributed by atoms with Crippen molar-refractivity contribution in [3.05, 3.63) is 35.4 Å². The number of benzene rings is 2. The highest BCUT2D eigenvalue weighted by Crippen LogP contribution is 2.42. The topological polar surface area (TPSA) is 59.0 Å². The van der Waals surface area contributed by atoms with Gasteiger partial charge in [0.25, 0.3) is 0 Å². The number of hydrogen-bond donors (Lipinski definition) is 1. The van der Waals surface area contributed by atoms with Gasteiger partial charge in [0, 0.05) is 23.9 Å². The number of carbonyl (C=O) groups is 1. The Morgan fingerprint density at radius 3 is 2.52 bits per heavy atom. The number of aromatic hydroxyl groups is 1. The third kappa shape index (κ3) is 5.02. The summed E-state index contributed by atoms with van der Waals surface area (Å²) in [5, 5.41) is 13.0. The first-order chi connectivity index (χ1) is 13.9. The van der Waals surface area contributed by atoms with Gasteiger partial charge in [0.15, 0.2) is 0 Å². The summed E-state index contributed by atoms with van der Waals surface area (Å²) >= 11 is 0. The summed E-state index contributed by atoms with van der Waals surface area (Å²) in [7, 11) is 5.67. The van der Waals surface area contributed by atoms with Crippen molar-refractivity contribution in [3.8, 4) is 11.5 Å². The second kappa shape index (κ2) is 9.49. The number of carbonyl (C=O) groups excluding carboxylic acids is 1. The average molecular weight is 400 g/mol. The maximum Gasteiger partial charge on any atom is 0.306 e. The van der Waals surface area contributed by atoms with Crippen LogP contribution in [0.3, 0.4) is 0 Å². The fourth-order valence-electron chi connectivity index (χ4n) is 4.33. The number of methoxy groups -OCH3 is 1. The molecule has 2 aromatic carbocycles. The van der Waals surface area contributed by atoms with Gasteiger partial charge in [-0.1, -0.05) is 19.1 Å². The molecule has 0 aromatic heterocycles. The molecule has 1 N–H and O–H groups in total. The molecule has 0 bridgehead atoms. The van der Waals surface area contributed by atoms with Crippen molar-refractivity contribution in [2.45, 2.75) is 64.0 Å². The number of ether oxygens (including phenoxy) is 2. The van der Waals surface area contributed by atoms with E-state index < -0.39 is 0 Å². The number of fused-ring (bicyclic) bond motifs is 1. The lowest BCUT2D eigenvalue weighted by Gasteiger charge is -2.31. The van der Waals surface area contributed by atoms with E-state index in [1.165, 1.54) is 5.56 Å². The number of phenols is 1. The van der Waals surface area contributed by atoms with E-state index in [2.05, 4.69) is 11.0 Å². The molecule has 3 rings (SSSR count). The SMILES string of the molecule is CCCC(=O)OC1CCC(c2cc3ccc(OC)cc3c(O)c2CN(C)C)CC1. The summed E-state index contributed by atoms with van der Waals surface area (Å²) in [6.07, 6.45) is 5.03. The number of hydrogen-bond acceptors (Lipinski definition) is 5. The van der Waals surface area contributed by atoms with E-state index in [9.17, 15) is 9.90 Å². The molecule has 5 heteroatoms. The molecule has 1 saturated carbocycles. The van der Waals surface area contributed by atoms with Gasteiger partial charge in [-0.05, 0) is 75.2 Å². The van der Waals surface area contributed by atoms with Gasteiger partial charge in [-0.15, -0.1) is 0 Å². The molecule has 0 atom stereocenters. The Kier molecular flexibility index (Phi) is 7.01. The van der Waals surface area contributed by atoms with Gasteiger partial charge in [-0.25, -0.2) is 0 Å². The molecule has 0 aliphatic heterocycles. The zero-order valence-corrected chi connectivity index (χ0v) is 18.0. The molecule has 1 fully saturated rings. The molecule has 0 heterocycles. The number of rotatable bonds is 7. The number of phenolic OH excluding ortho intramolecular Hbond substituents is 1. The van der Waals surface area contributed by atoms with E-state index in [-0.39, 0.29) is 12.1 Å². The third-order valence-corrected chi connectivity index (χ3v) is 5.80. The highest BCUT2D eigenvalue weighted by Gasteiger charge is 2.28. The molecule has 0 amide bonds. The van der Waals surface area contributed by atoms with Gasteiger partial charge in [0.1, 0.15) is 17.6 Å². The number of esters is 1. The lowest BCUT2D eigenvalue weighted by molar-refractivity contribution is -0.150. The average Bonchev–Trinajstić information content (AvgIpc) is 2.70. The summed E-state index contributed by atoms with van der Waals surface area (Å²) < 4.78 is 11.0. The highest BCUT2D eigenvalue weighted by atomic mass is 16.5. The minimum Gasteiger partial charge on any atom is -0.507 e. The monoisotopic (exact) mass is 399 g/mol. The molecular weight excluding hydrogens is 366 g/mol. The van der Waals surface area contributed by atoms with Crippen LogP contribution in [0.4, 0.5) is 0 Å². The summed E-state index contributed by atoms with van der Waals surface area (Å²) in [4.78, 5) is 13.9. The molecule has 5 nitrogen and oxygen atoms in total. The van der Waals surface area contributed by atoms with Gasteiger partial charge in [-0.2, -0.15) is 0 Å². The van der Waals surface area contributed by atoms with Gasteiger partial charge in [-0.3, -0.25) is 4.79 Å². The van der Waals surface area contributed by atoms with E-state index in [0.717, 1.165) is 54.2 Å². The largest absolute Gasteiger partial charge is 0.507 e. The van der Waals surface area contributed by atoms with Crippen molar-refractivity contribution in [1.82, 2.24) is 4.90 Å². The minimum absolute atomic E-state index is 0.0286. The Hall–Kier alpha value is -2.27. The molecule has 0 radical (unpaired) electrons. The molecule has 0 saturated heterocycles. The molecule has 2 aromatic rings. The third-order valence-electron chi connectivity index (χ3n) is 5.80. The van der Waals surface area contributed by atoms with Crippen LogP contribution in [-0.4, -0.2) is 43.3 Å². The Balaban J connectivity index is 1.87. The van der Waals surface area contributed by atoms with E-state index in [4.69, 9.17) is 9.47 Å². The first-order valence-electron chi connectivity index (χ1n) is 10.6. The van der Waals surface area contributed by atoms with Crippen molar-refractivity contribution >= 4 is 16.7 Å². The van der Waals surface area contributed by atoms with Crippen LogP contribution in [0.25, 0.3) is 10.8 Å².